The van der Waals surface area contributed by atoms with Crippen LogP contribution in [0.2, 0.25) is 0 Å². The molecule has 0 aromatic carbocycles. The number of carbonyl (C=O) groups is 1. The highest BCUT2D eigenvalue weighted by molar-refractivity contribution is 6.43. The third kappa shape index (κ3) is 2.83. The SMILES string of the molecule is O=C(Nc1cccnc1)C1=NOC2(CCN(CC3CC3)C2)C1. The summed E-state index contributed by atoms with van der Waals surface area (Å²) in [6.45, 7) is 3.10. The molecule has 0 bridgehead atoms. The van der Waals surface area contributed by atoms with E-state index in [0.717, 1.165) is 25.4 Å². The fourth-order valence-electron chi connectivity index (χ4n) is 3.25. The third-order valence-electron chi connectivity index (χ3n) is 4.63. The van der Waals surface area contributed by atoms with Crippen LogP contribution < -0.4 is 5.32 Å². The zero-order chi connectivity index (χ0) is 15.0. The van der Waals surface area contributed by atoms with Gasteiger partial charge >= 0.3 is 0 Å². The van der Waals surface area contributed by atoms with E-state index in [1.807, 2.05) is 6.07 Å². The van der Waals surface area contributed by atoms with E-state index < -0.39 is 0 Å². The van der Waals surface area contributed by atoms with E-state index in [-0.39, 0.29) is 11.5 Å². The van der Waals surface area contributed by atoms with Crippen molar-refractivity contribution in [1.29, 1.82) is 0 Å². The predicted molar refractivity (Wildman–Crippen MR) is 82.5 cm³/mol. The second-order valence-corrected chi connectivity index (χ2v) is 6.61. The maximum Gasteiger partial charge on any atom is 0.273 e. The summed E-state index contributed by atoms with van der Waals surface area (Å²) in [6, 6.07) is 3.60. The van der Waals surface area contributed by atoms with E-state index in [1.54, 1.807) is 18.5 Å². The largest absolute Gasteiger partial charge is 0.387 e. The molecule has 0 radical (unpaired) electrons. The topological polar surface area (TPSA) is 66.8 Å². The molecule has 4 rings (SSSR count). The summed E-state index contributed by atoms with van der Waals surface area (Å²) in [5, 5.41) is 6.87. The van der Waals surface area contributed by atoms with Crippen molar-refractivity contribution in [1.82, 2.24) is 9.88 Å². The lowest BCUT2D eigenvalue weighted by Gasteiger charge is -2.21. The minimum atomic E-state index is -0.281. The van der Waals surface area contributed by atoms with Crippen molar-refractivity contribution in [3.05, 3.63) is 24.5 Å². The lowest BCUT2D eigenvalue weighted by Crippen LogP contribution is -2.35. The molecule has 1 atom stereocenters. The standard InChI is InChI=1S/C16H20N4O2/c21-15(18-13-2-1-6-17-9-13)14-8-16(22-19-14)5-7-20(11-16)10-12-3-4-12/h1-2,6,9,12H,3-5,7-8,10-11H2,(H,18,21). The van der Waals surface area contributed by atoms with Gasteiger partial charge in [0.25, 0.3) is 5.91 Å². The Kier molecular flexibility index (Phi) is 3.33. The molecule has 2 aliphatic heterocycles. The first kappa shape index (κ1) is 13.7. The highest BCUT2D eigenvalue weighted by Crippen LogP contribution is 2.37. The molecule has 1 spiro atoms. The van der Waals surface area contributed by atoms with Crippen LogP contribution >= 0.6 is 0 Å². The van der Waals surface area contributed by atoms with Gasteiger partial charge in [0.05, 0.1) is 11.9 Å². The van der Waals surface area contributed by atoms with Crippen LogP contribution in [-0.4, -0.2) is 46.7 Å². The molecular weight excluding hydrogens is 280 g/mol. The first-order valence-corrected chi connectivity index (χ1v) is 7.91. The van der Waals surface area contributed by atoms with Crippen molar-refractivity contribution < 1.29 is 9.63 Å². The lowest BCUT2D eigenvalue weighted by molar-refractivity contribution is -0.110. The van der Waals surface area contributed by atoms with Crippen molar-refractivity contribution in [2.75, 3.05) is 25.0 Å². The minimum absolute atomic E-state index is 0.189. The molecular formula is C16H20N4O2. The van der Waals surface area contributed by atoms with Gasteiger partial charge in [-0.05, 0) is 30.9 Å². The van der Waals surface area contributed by atoms with Crippen LogP contribution in [0.1, 0.15) is 25.7 Å². The number of hydrogen-bond donors (Lipinski definition) is 1. The zero-order valence-electron chi connectivity index (χ0n) is 12.5. The number of amides is 1. The molecule has 1 N–H and O–H groups in total. The Bertz CT molecular complexity index is 599. The van der Waals surface area contributed by atoms with Crippen molar-refractivity contribution in [3.8, 4) is 0 Å². The number of hydrogen-bond acceptors (Lipinski definition) is 5. The second kappa shape index (κ2) is 5.35. The molecule has 1 aromatic heterocycles. The van der Waals surface area contributed by atoms with Gasteiger partial charge in [-0.2, -0.15) is 0 Å². The van der Waals surface area contributed by atoms with E-state index in [4.69, 9.17) is 4.84 Å². The number of nitrogens with zero attached hydrogens (tertiary/aromatic N) is 3. The first-order valence-electron chi connectivity index (χ1n) is 7.91. The molecule has 116 valence electrons. The molecule has 3 aliphatic rings. The van der Waals surface area contributed by atoms with Gasteiger partial charge in [-0.3, -0.25) is 14.7 Å². The van der Waals surface area contributed by atoms with E-state index in [0.29, 0.717) is 17.8 Å². The molecule has 3 heterocycles. The Balaban J connectivity index is 1.34. The van der Waals surface area contributed by atoms with E-state index >= 15 is 0 Å². The Hall–Kier alpha value is -1.95. The summed E-state index contributed by atoms with van der Waals surface area (Å²) in [5.41, 5.74) is 0.881. The number of likely N-dealkylation sites (tertiary alicyclic amines) is 1. The molecule has 1 aliphatic carbocycles. The monoisotopic (exact) mass is 300 g/mol. The van der Waals surface area contributed by atoms with Gasteiger partial charge in [0.2, 0.25) is 0 Å². The summed E-state index contributed by atoms with van der Waals surface area (Å²) in [5.74, 6) is 0.691. The highest BCUT2D eigenvalue weighted by Gasteiger charge is 2.47. The maximum absolute atomic E-state index is 12.3. The Morgan fingerprint density at radius 3 is 3.18 bits per heavy atom. The van der Waals surface area contributed by atoms with E-state index in [1.165, 1.54) is 19.4 Å². The van der Waals surface area contributed by atoms with Gasteiger partial charge in [-0.1, -0.05) is 5.16 Å². The quantitative estimate of drug-likeness (QED) is 0.918. The Morgan fingerprint density at radius 2 is 2.41 bits per heavy atom. The average molecular weight is 300 g/mol. The first-order chi connectivity index (χ1) is 10.7. The van der Waals surface area contributed by atoms with E-state index in [9.17, 15) is 4.79 Å². The van der Waals surface area contributed by atoms with Crippen LogP contribution in [0.25, 0.3) is 0 Å². The van der Waals surface area contributed by atoms with E-state index in [2.05, 4.69) is 20.4 Å². The van der Waals surface area contributed by atoms with Crippen molar-refractivity contribution in [2.24, 2.45) is 11.1 Å². The fourth-order valence-corrected chi connectivity index (χ4v) is 3.25. The number of aromatic nitrogens is 1. The number of carbonyl (C=O) groups excluding carboxylic acids is 1. The van der Waals surface area contributed by atoms with Crippen LogP contribution in [0.4, 0.5) is 5.69 Å². The van der Waals surface area contributed by atoms with Crippen LogP contribution in [-0.2, 0) is 9.63 Å². The summed E-state index contributed by atoms with van der Waals surface area (Å²) >= 11 is 0. The summed E-state index contributed by atoms with van der Waals surface area (Å²) in [4.78, 5) is 24.4. The molecule has 1 saturated carbocycles. The molecule has 6 heteroatoms. The lowest BCUT2D eigenvalue weighted by atomic mass is 9.96. The maximum atomic E-state index is 12.3. The van der Waals surface area contributed by atoms with Gasteiger partial charge in [-0.15, -0.1) is 0 Å². The Morgan fingerprint density at radius 1 is 1.50 bits per heavy atom. The Labute approximate surface area is 129 Å². The number of pyridine rings is 1. The van der Waals surface area contributed by atoms with Gasteiger partial charge in [0.15, 0.2) is 5.60 Å². The van der Waals surface area contributed by atoms with Crippen molar-refractivity contribution >= 4 is 17.3 Å². The van der Waals surface area contributed by atoms with Crippen molar-refractivity contribution in [3.63, 3.8) is 0 Å². The smallest absolute Gasteiger partial charge is 0.273 e. The molecule has 1 unspecified atom stereocenters. The van der Waals surface area contributed by atoms with Crippen LogP contribution in [0, 0.1) is 5.92 Å². The molecule has 1 saturated heterocycles. The normalized spacial score (nSPS) is 27.7. The average Bonchev–Trinajstić information content (AvgIpc) is 3.11. The zero-order valence-corrected chi connectivity index (χ0v) is 12.5. The number of anilines is 1. The summed E-state index contributed by atoms with van der Waals surface area (Å²) < 4.78 is 0. The molecule has 2 fully saturated rings. The van der Waals surface area contributed by atoms with Gasteiger partial charge in [0.1, 0.15) is 5.71 Å². The van der Waals surface area contributed by atoms with Gasteiger partial charge in [-0.25, -0.2) is 0 Å². The minimum Gasteiger partial charge on any atom is -0.387 e. The van der Waals surface area contributed by atoms with Crippen LogP contribution in [0.3, 0.4) is 0 Å². The number of oxime groups is 1. The number of rotatable bonds is 4. The summed E-state index contributed by atoms with van der Waals surface area (Å²) in [7, 11) is 0. The fraction of sp³-hybridized carbons (Fsp3) is 0.562. The highest BCUT2D eigenvalue weighted by atomic mass is 16.7. The molecule has 1 amide bonds. The molecule has 22 heavy (non-hydrogen) atoms. The van der Waals surface area contributed by atoms with Gasteiger partial charge < -0.3 is 10.2 Å². The van der Waals surface area contributed by atoms with Gasteiger partial charge in [0, 0.05) is 38.7 Å². The van der Waals surface area contributed by atoms with Crippen molar-refractivity contribution in [2.45, 2.75) is 31.3 Å². The summed E-state index contributed by atoms with van der Waals surface area (Å²) in [6.07, 6.45) is 7.57. The van der Waals surface area contributed by atoms with Crippen LogP contribution in [0.5, 0.6) is 0 Å². The molecule has 6 nitrogen and oxygen atoms in total. The number of nitrogens with one attached hydrogen (secondary N) is 1. The van der Waals surface area contributed by atoms with Crippen LogP contribution in [0.15, 0.2) is 29.7 Å². The third-order valence-corrected chi connectivity index (χ3v) is 4.63. The second-order valence-electron chi connectivity index (χ2n) is 6.61. The molecule has 1 aromatic rings. The predicted octanol–water partition coefficient (Wildman–Crippen LogP) is 1.65.